The molecule has 2 aromatic rings. The molecule has 7 heteroatoms. The van der Waals surface area contributed by atoms with Crippen LogP contribution in [0.1, 0.15) is 30.6 Å². The monoisotopic (exact) mass is 344 g/mol. The number of carbonyl (C=O) groups excluding carboxylic acids is 1. The molecule has 0 aliphatic heterocycles. The average molecular weight is 344 g/mol. The van der Waals surface area contributed by atoms with Crippen molar-refractivity contribution in [2.75, 3.05) is 11.9 Å². The Balaban J connectivity index is 2.05. The van der Waals surface area contributed by atoms with Crippen LogP contribution in [0, 0.1) is 0 Å². The number of hydrogen-bond acceptors (Lipinski definition) is 5. The van der Waals surface area contributed by atoms with E-state index in [1.807, 2.05) is 13.8 Å². The number of benzene rings is 1. The summed E-state index contributed by atoms with van der Waals surface area (Å²) in [5.74, 6) is -0.650. The van der Waals surface area contributed by atoms with E-state index in [-0.39, 0.29) is 12.0 Å². The molecular formula is C18H20N2O5. The number of carboxylic acid groups (broad SMARTS) is 1. The van der Waals surface area contributed by atoms with E-state index in [0.29, 0.717) is 22.9 Å². The van der Waals surface area contributed by atoms with Crippen molar-refractivity contribution < 1.29 is 24.2 Å². The van der Waals surface area contributed by atoms with Crippen LogP contribution in [0.25, 0.3) is 0 Å². The summed E-state index contributed by atoms with van der Waals surface area (Å²) < 4.78 is 10.7. The Bertz CT molecular complexity index is 748. The Labute approximate surface area is 145 Å². The van der Waals surface area contributed by atoms with Crippen LogP contribution in [0.15, 0.2) is 42.6 Å². The number of nitrogens with zero attached hydrogens (tertiary/aromatic N) is 1. The van der Waals surface area contributed by atoms with E-state index in [1.165, 1.54) is 6.20 Å². The highest BCUT2D eigenvalue weighted by atomic mass is 16.5. The highest BCUT2D eigenvalue weighted by Crippen LogP contribution is 2.19. The number of aliphatic carboxylic acids is 1. The van der Waals surface area contributed by atoms with Crippen LogP contribution < -0.4 is 14.8 Å². The molecule has 0 fully saturated rings. The van der Waals surface area contributed by atoms with E-state index in [4.69, 9.17) is 14.6 Å². The molecule has 1 aromatic heterocycles. The summed E-state index contributed by atoms with van der Waals surface area (Å²) in [4.78, 5) is 27.0. The molecule has 1 aromatic carbocycles. The lowest BCUT2D eigenvalue weighted by Gasteiger charge is -2.12. The number of ether oxygens (including phenoxy) is 2. The molecule has 0 saturated carbocycles. The first-order valence-electron chi connectivity index (χ1n) is 7.86. The van der Waals surface area contributed by atoms with E-state index < -0.39 is 12.6 Å². The van der Waals surface area contributed by atoms with Gasteiger partial charge in [-0.3, -0.25) is 4.79 Å². The molecule has 0 bridgehead atoms. The number of nitrogens with one attached hydrogen (secondary N) is 1. The second kappa shape index (κ2) is 8.68. The van der Waals surface area contributed by atoms with Gasteiger partial charge in [-0.2, -0.15) is 0 Å². The number of amides is 1. The third-order valence-electron chi connectivity index (χ3n) is 3.35. The molecule has 132 valence electrons. The fourth-order valence-corrected chi connectivity index (χ4v) is 1.92. The Kier molecular flexibility index (Phi) is 6.33. The predicted octanol–water partition coefficient (Wildman–Crippen LogP) is 2.97. The minimum absolute atomic E-state index is 0.00822. The molecule has 25 heavy (non-hydrogen) atoms. The Hall–Kier alpha value is -3.09. The molecule has 2 N–H and O–H groups in total. The van der Waals surface area contributed by atoms with Gasteiger partial charge >= 0.3 is 5.97 Å². The Morgan fingerprint density at radius 1 is 1.28 bits per heavy atom. The van der Waals surface area contributed by atoms with Crippen molar-refractivity contribution in [1.82, 2.24) is 4.98 Å². The lowest BCUT2D eigenvalue weighted by atomic mass is 10.2. The number of hydrogen-bond donors (Lipinski definition) is 2. The third kappa shape index (κ3) is 5.80. The van der Waals surface area contributed by atoms with Crippen LogP contribution >= 0.6 is 0 Å². The van der Waals surface area contributed by atoms with Crippen molar-refractivity contribution in [2.24, 2.45) is 0 Å². The van der Waals surface area contributed by atoms with Crippen LogP contribution in [-0.4, -0.2) is 34.7 Å². The second-order valence-corrected chi connectivity index (χ2v) is 5.38. The first-order valence-corrected chi connectivity index (χ1v) is 7.86. The summed E-state index contributed by atoms with van der Waals surface area (Å²) in [5.41, 5.74) is 0.902. The fourth-order valence-electron chi connectivity index (χ4n) is 1.92. The number of pyridine rings is 1. The summed E-state index contributed by atoms with van der Waals surface area (Å²) in [6, 6.07) is 9.68. The molecule has 1 unspecified atom stereocenters. The molecule has 1 atom stereocenters. The topological polar surface area (TPSA) is 97.8 Å². The van der Waals surface area contributed by atoms with Gasteiger partial charge in [-0.15, -0.1) is 0 Å². The Morgan fingerprint density at radius 3 is 2.80 bits per heavy atom. The molecule has 0 saturated heterocycles. The van der Waals surface area contributed by atoms with Crippen molar-refractivity contribution in [1.29, 1.82) is 0 Å². The normalized spacial score (nSPS) is 11.4. The summed E-state index contributed by atoms with van der Waals surface area (Å²) >= 11 is 0. The van der Waals surface area contributed by atoms with Crippen LogP contribution in [0.5, 0.6) is 11.6 Å². The molecule has 0 spiro atoms. The predicted molar refractivity (Wildman–Crippen MR) is 92.1 cm³/mol. The van der Waals surface area contributed by atoms with E-state index in [0.717, 1.165) is 6.42 Å². The van der Waals surface area contributed by atoms with Gasteiger partial charge in [-0.05, 0) is 31.5 Å². The number of carbonyl (C=O) groups is 2. The van der Waals surface area contributed by atoms with E-state index >= 15 is 0 Å². The van der Waals surface area contributed by atoms with Crippen molar-refractivity contribution in [3.63, 3.8) is 0 Å². The van der Waals surface area contributed by atoms with Crippen LogP contribution in [0.3, 0.4) is 0 Å². The quantitative estimate of drug-likeness (QED) is 0.764. The smallest absolute Gasteiger partial charge is 0.341 e. The van der Waals surface area contributed by atoms with Gasteiger partial charge in [0.05, 0.1) is 6.10 Å². The third-order valence-corrected chi connectivity index (χ3v) is 3.35. The summed E-state index contributed by atoms with van der Waals surface area (Å²) in [6.07, 6.45) is 2.36. The van der Waals surface area contributed by atoms with Crippen molar-refractivity contribution >= 4 is 17.6 Å². The van der Waals surface area contributed by atoms with Crippen LogP contribution in [0.4, 0.5) is 5.69 Å². The molecule has 0 aliphatic rings. The van der Waals surface area contributed by atoms with E-state index in [9.17, 15) is 9.59 Å². The zero-order valence-electron chi connectivity index (χ0n) is 14.1. The minimum atomic E-state index is -1.07. The lowest BCUT2D eigenvalue weighted by Crippen LogP contribution is -2.14. The zero-order chi connectivity index (χ0) is 18.2. The molecule has 0 aliphatic carbocycles. The van der Waals surface area contributed by atoms with Gasteiger partial charge in [0.2, 0.25) is 5.88 Å². The van der Waals surface area contributed by atoms with E-state index in [2.05, 4.69) is 10.3 Å². The number of carboxylic acids is 1. The number of anilines is 1. The number of rotatable bonds is 8. The van der Waals surface area contributed by atoms with Gasteiger partial charge < -0.3 is 19.9 Å². The highest BCUT2D eigenvalue weighted by Gasteiger charge is 2.10. The van der Waals surface area contributed by atoms with Gasteiger partial charge in [0.25, 0.3) is 5.91 Å². The lowest BCUT2D eigenvalue weighted by molar-refractivity contribution is -0.139. The Morgan fingerprint density at radius 2 is 2.08 bits per heavy atom. The minimum Gasteiger partial charge on any atom is -0.482 e. The number of aromatic nitrogens is 1. The standard InChI is InChI=1S/C18H20N2O5/c1-3-12(2)25-16-9-13(7-8-19-16)18(23)20-14-5-4-6-15(10-14)24-11-17(21)22/h4-10,12H,3,11H2,1-2H3,(H,20,23)(H,21,22). The van der Waals surface area contributed by atoms with Gasteiger partial charge in [-0.1, -0.05) is 13.0 Å². The van der Waals surface area contributed by atoms with Crippen molar-refractivity contribution in [3.05, 3.63) is 48.2 Å². The summed E-state index contributed by atoms with van der Waals surface area (Å²) in [6.45, 7) is 3.48. The molecule has 1 heterocycles. The molecule has 2 rings (SSSR count). The maximum Gasteiger partial charge on any atom is 0.341 e. The average Bonchev–Trinajstić information content (AvgIpc) is 2.60. The van der Waals surface area contributed by atoms with Crippen LogP contribution in [-0.2, 0) is 4.79 Å². The molecule has 1 amide bonds. The van der Waals surface area contributed by atoms with Gasteiger partial charge in [0.1, 0.15) is 5.75 Å². The first-order chi connectivity index (χ1) is 12.0. The molecule has 0 radical (unpaired) electrons. The first kappa shape index (κ1) is 18.3. The SMILES string of the molecule is CCC(C)Oc1cc(C(=O)Nc2cccc(OCC(=O)O)c2)ccn1. The maximum atomic E-state index is 12.4. The van der Waals surface area contributed by atoms with Crippen molar-refractivity contribution in [3.8, 4) is 11.6 Å². The molecular weight excluding hydrogens is 324 g/mol. The van der Waals surface area contributed by atoms with E-state index in [1.54, 1.807) is 36.4 Å². The second-order valence-electron chi connectivity index (χ2n) is 5.38. The maximum absolute atomic E-state index is 12.4. The highest BCUT2D eigenvalue weighted by molar-refractivity contribution is 6.04. The zero-order valence-corrected chi connectivity index (χ0v) is 14.1. The summed E-state index contributed by atoms with van der Waals surface area (Å²) in [5, 5.41) is 11.4. The van der Waals surface area contributed by atoms with Gasteiger partial charge in [0, 0.05) is 29.6 Å². The summed E-state index contributed by atoms with van der Waals surface area (Å²) in [7, 11) is 0. The van der Waals surface area contributed by atoms with Crippen LogP contribution in [0.2, 0.25) is 0 Å². The van der Waals surface area contributed by atoms with Gasteiger partial charge in [-0.25, -0.2) is 9.78 Å². The largest absolute Gasteiger partial charge is 0.482 e. The fraction of sp³-hybridized carbons (Fsp3) is 0.278. The van der Waals surface area contributed by atoms with Crippen molar-refractivity contribution in [2.45, 2.75) is 26.4 Å². The molecule has 7 nitrogen and oxygen atoms in total. The van der Waals surface area contributed by atoms with Gasteiger partial charge in [0.15, 0.2) is 6.61 Å².